The predicted octanol–water partition coefficient (Wildman–Crippen LogP) is 0.266. The van der Waals surface area contributed by atoms with E-state index in [1.165, 1.54) is 0 Å². The van der Waals surface area contributed by atoms with E-state index < -0.39 is 0 Å². The second-order valence-corrected chi connectivity index (χ2v) is 4.64. The topological polar surface area (TPSA) is 29.5 Å². The zero-order valence-corrected chi connectivity index (χ0v) is 7.11. The van der Waals surface area contributed by atoms with E-state index in [-0.39, 0.29) is 16.4 Å². The molecule has 0 aromatic carbocycles. The smallest absolute Gasteiger partial charge is 0.238 e. The third-order valence-corrected chi connectivity index (χ3v) is 4.84. The predicted molar refractivity (Wildman–Crippen MR) is 41.0 cm³/mol. The van der Waals surface area contributed by atoms with E-state index in [9.17, 15) is 4.79 Å². The molecule has 3 aliphatic heterocycles. The van der Waals surface area contributed by atoms with E-state index >= 15 is 0 Å². The van der Waals surface area contributed by atoms with Crippen LogP contribution >= 0.6 is 11.8 Å². The van der Waals surface area contributed by atoms with Crippen LogP contribution in [0.5, 0.6) is 0 Å². The van der Waals surface area contributed by atoms with Crippen molar-refractivity contribution < 1.29 is 9.53 Å². The van der Waals surface area contributed by atoms with E-state index in [0.717, 1.165) is 12.3 Å². The number of amides is 1. The lowest BCUT2D eigenvalue weighted by Gasteiger charge is -2.65. The van der Waals surface area contributed by atoms with E-state index in [4.69, 9.17) is 4.74 Å². The number of rotatable bonds is 0. The highest BCUT2D eigenvalue weighted by atomic mass is 32.2. The lowest BCUT2D eigenvalue weighted by Crippen LogP contribution is -2.79. The van der Waals surface area contributed by atoms with Crippen LogP contribution in [0, 0.1) is 5.41 Å². The molecule has 0 saturated carbocycles. The highest BCUT2D eigenvalue weighted by Crippen LogP contribution is 2.67. The zero-order valence-electron chi connectivity index (χ0n) is 6.29. The van der Waals surface area contributed by atoms with Gasteiger partial charge in [-0.05, 0) is 6.92 Å². The molecule has 60 valence electrons. The number of thioether (sulfide) groups is 1. The molecule has 1 amide bonds. The minimum absolute atomic E-state index is 0.172. The minimum atomic E-state index is -0.218. The Morgan fingerprint density at radius 3 is 3.09 bits per heavy atom. The second kappa shape index (κ2) is 1.45. The summed E-state index contributed by atoms with van der Waals surface area (Å²) in [6.07, 6.45) is 0. The Labute approximate surface area is 69.1 Å². The minimum Gasteiger partial charge on any atom is -0.343 e. The Morgan fingerprint density at radius 1 is 1.73 bits per heavy atom. The summed E-state index contributed by atoms with van der Waals surface area (Å²) in [5.74, 6) is 1.22. The van der Waals surface area contributed by atoms with Gasteiger partial charge in [-0.3, -0.25) is 4.79 Å². The molecule has 0 unspecified atom stereocenters. The van der Waals surface area contributed by atoms with Crippen LogP contribution in [-0.2, 0) is 9.53 Å². The molecule has 11 heavy (non-hydrogen) atoms. The van der Waals surface area contributed by atoms with Crippen molar-refractivity contribution in [1.29, 1.82) is 0 Å². The first kappa shape index (κ1) is 6.31. The van der Waals surface area contributed by atoms with Crippen molar-refractivity contribution >= 4 is 17.7 Å². The highest BCUT2D eigenvalue weighted by molar-refractivity contribution is 8.02. The molecule has 4 heteroatoms. The van der Waals surface area contributed by atoms with Gasteiger partial charge in [0.05, 0.1) is 6.61 Å². The van der Waals surface area contributed by atoms with Gasteiger partial charge in [-0.1, -0.05) is 0 Å². The van der Waals surface area contributed by atoms with Crippen molar-refractivity contribution in [1.82, 2.24) is 4.90 Å². The van der Waals surface area contributed by atoms with Gasteiger partial charge < -0.3 is 9.64 Å². The van der Waals surface area contributed by atoms with Crippen molar-refractivity contribution in [3.63, 3.8) is 0 Å². The summed E-state index contributed by atoms with van der Waals surface area (Å²) in [5, 5.41) is -0.218. The van der Waals surface area contributed by atoms with Gasteiger partial charge in [0.25, 0.3) is 0 Å². The first-order valence-corrected chi connectivity index (χ1v) is 4.79. The van der Waals surface area contributed by atoms with Gasteiger partial charge in [0.2, 0.25) is 11.0 Å². The maximum atomic E-state index is 11.5. The van der Waals surface area contributed by atoms with Crippen molar-refractivity contribution in [3.05, 3.63) is 0 Å². The Balaban J connectivity index is 2.06. The molecule has 3 aliphatic rings. The number of β-lactam (4-membered cyclic amide) rings is 1. The standard InChI is InChI=1S/C7H9NO2S/c1-6-4-11-7(6)8(5(6)9)2-3-10-7/h2-4H2,1H3/t6-,7-/m0/s1. The van der Waals surface area contributed by atoms with Crippen LogP contribution in [0.3, 0.4) is 0 Å². The molecular weight excluding hydrogens is 162 g/mol. The van der Waals surface area contributed by atoms with Crippen molar-refractivity contribution in [3.8, 4) is 0 Å². The lowest BCUT2D eigenvalue weighted by atomic mass is 9.79. The van der Waals surface area contributed by atoms with Gasteiger partial charge in [-0.2, -0.15) is 0 Å². The summed E-state index contributed by atoms with van der Waals surface area (Å²) in [4.78, 5) is 13.3. The second-order valence-electron chi connectivity index (χ2n) is 3.51. The monoisotopic (exact) mass is 171 g/mol. The largest absolute Gasteiger partial charge is 0.343 e. The molecule has 0 radical (unpaired) electrons. The Kier molecular flexibility index (Phi) is 0.834. The summed E-state index contributed by atoms with van der Waals surface area (Å²) in [6, 6.07) is 0. The molecule has 0 aromatic rings. The van der Waals surface area contributed by atoms with Gasteiger partial charge in [0.1, 0.15) is 5.41 Å². The Bertz CT molecular complexity index is 257. The average molecular weight is 171 g/mol. The summed E-state index contributed by atoms with van der Waals surface area (Å²) in [7, 11) is 0. The number of carbonyl (C=O) groups is 1. The van der Waals surface area contributed by atoms with Gasteiger partial charge in [0.15, 0.2) is 0 Å². The molecule has 1 spiro atoms. The molecule has 2 atom stereocenters. The van der Waals surface area contributed by atoms with Crippen molar-refractivity contribution in [2.45, 2.75) is 12.0 Å². The summed E-state index contributed by atoms with van der Waals surface area (Å²) < 4.78 is 5.58. The van der Waals surface area contributed by atoms with Crippen LogP contribution in [0.15, 0.2) is 0 Å². The van der Waals surface area contributed by atoms with Crippen molar-refractivity contribution in [2.24, 2.45) is 5.41 Å². The van der Waals surface area contributed by atoms with Crippen LogP contribution < -0.4 is 0 Å². The molecule has 0 aliphatic carbocycles. The van der Waals surface area contributed by atoms with Gasteiger partial charge in [-0.15, -0.1) is 11.8 Å². The van der Waals surface area contributed by atoms with Crippen LogP contribution in [0.4, 0.5) is 0 Å². The molecule has 3 fully saturated rings. The SMILES string of the molecule is C[C@@]12CS[C@@]13OCCN3C2=O. The third kappa shape index (κ3) is 0.394. The normalized spacial score (nSPS) is 52.8. The molecule has 0 aromatic heterocycles. The van der Waals surface area contributed by atoms with Crippen LogP contribution in [-0.4, -0.2) is 34.8 Å². The first-order chi connectivity index (χ1) is 5.21. The maximum absolute atomic E-state index is 11.5. The number of carbonyl (C=O) groups excluding carboxylic acids is 1. The van der Waals surface area contributed by atoms with E-state index in [0.29, 0.717) is 6.61 Å². The van der Waals surface area contributed by atoms with Crippen molar-refractivity contribution in [2.75, 3.05) is 18.9 Å². The molecule has 0 bridgehead atoms. The van der Waals surface area contributed by atoms with Gasteiger partial charge in [0, 0.05) is 12.3 Å². The van der Waals surface area contributed by atoms with Crippen LogP contribution in [0.2, 0.25) is 0 Å². The first-order valence-electron chi connectivity index (χ1n) is 3.81. The summed E-state index contributed by atoms with van der Waals surface area (Å²) in [6.45, 7) is 3.52. The fourth-order valence-electron chi connectivity index (χ4n) is 2.17. The Morgan fingerprint density at radius 2 is 2.55 bits per heavy atom. The maximum Gasteiger partial charge on any atom is 0.238 e. The fourth-order valence-corrected chi connectivity index (χ4v) is 3.70. The lowest BCUT2D eigenvalue weighted by molar-refractivity contribution is -0.205. The number of hydrogen-bond acceptors (Lipinski definition) is 3. The third-order valence-electron chi connectivity index (χ3n) is 2.94. The van der Waals surface area contributed by atoms with E-state index in [1.54, 1.807) is 11.8 Å². The van der Waals surface area contributed by atoms with Crippen LogP contribution in [0.25, 0.3) is 0 Å². The molecule has 3 nitrogen and oxygen atoms in total. The van der Waals surface area contributed by atoms with Gasteiger partial charge >= 0.3 is 0 Å². The number of hydrogen-bond donors (Lipinski definition) is 0. The summed E-state index contributed by atoms with van der Waals surface area (Å²) >= 11 is 1.76. The summed E-state index contributed by atoms with van der Waals surface area (Å²) in [5.41, 5.74) is -0.172. The van der Waals surface area contributed by atoms with E-state index in [1.807, 2.05) is 11.8 Å². The number of nitrogens with zero attached hydrogens (tertiary/aromatic N) is 1. The average Bonchev–Trinajstić information content (AvgIpc) is 2.44. The number of ether oxygens (including phenoxy) is 1. The fraction of sp³-hybridized carbons (Fsp3) is 0.857. The molecular formula is C7H9NO2S. The molecule has 3 saturated heterocycles. The Hall–Kier alpha value is -0.220. The zero-order chi connectivity index (χ0) is 7.69. The quantitative estimate of drug-likeness (QED) is 0.490. The van der Waals surface area contributed by atoms with E-state index in [2.05, 4.69) is 0 Å². The molecule has 3 rings (SSSR count). The van der Waals surface area contributed by atoms with Crippen LogP contribution in [0.1, 0.15) is 6.92 Å². The highest BCUT2D eigenvalue weighted by Gasteiger charge is 2.78. The molecule has 3 heterocycles. The van der Waals surface area contributed by atoms with Gasteiger partial charge in [-0.25, -0.2) is 0 Å². The molecule has 0 N–H and O–H groups in total.